The molecule has 0 radical (unpaired) electrons. The van der Waals surface area contributed by atoms with Crippen molar-refractivity contribution in [3.8, 4) is 0 Å². The van der Waals surface area contributed by atoms with Crippen LogP contribution in [0.1, 0.15) is 18.7 Å². The van der Waals surface area contributed by atoms with E-state index in [1.807, 2.05) is 0 Å². The minimum Gasteiger partial charge on any atom is -0.325 e. The molecule has 1 atom stereocenters. The fourth-order valence-electron chi connectivity index (χ4n) is 3.47. The van der Waals surface area contributed by atoms with Gasteiger partial charge in [0.15, 0.2) is 0 Å². The lowest BCUT2D eigenvalue weighted by Crippen LogP contribution is -2.20. The highest BCUT2D eigenvalue weighted by Gasteiger charge is 2.27. The molecular formula is C21H20N2. The smallest absolute Gasteiger partial charge is 0.108 e. The van der Waals surface area contributed by atoms with Crippen molar-refractivity contribution in [1.82, 2.24) is 4.57 Å². The van der Waals surface area contributed by atoms with Crippen LogP contribution in [0.3, 0.4) is 0 Å². The zero-order valence-electron chi connectivity index (χ0n) is 13.5. The molecule has 0 unspecified atom stereocenters. The highest BCUT2D eigenvalue weighted by Crippen LogP contribution is 2.43. The summed E-state index contributed by atoms with van der Waals surface area (Å²) in [5.74, 6) is 0. The lowest BCUT2D eigenvalue weighted by Gasteiger charge is -2.27. The molecule has 114 valence electrons. The number of para-hydroxylation sites is 2. The van der Waals surface area contributed by atoms with E-state index in [1.165, 1.54) is 27.8 Å². The fourth-order valence-corrected chi connectivity index (χ4v) is 3.47. The second kappa shape index (κ2) is 5.47. The lowest BCUT2D eigenvalue weighted by atomic mass is 10.1. The van der Waals surface area contributed by atoms with Crippen molar-refractivity contribution in [1.29, 1.82) is 0 Å². The molecule has 0 saturated heterocycles. The second-order valence-electron chi connectivity index (χ2n) is 6.00. The molecule has 0 amide bonds. The highest BCUT2D eigenvalue weighted by atomic mass is 15.3. The molecule has 2 heterocycles. The van der Waals surface area contributed by atoms with Gasteiger partial charge in [0.25, 0.3) is 0 Å². The summed E-state index contributed by atoms with van der Waals surface area (Å²) in [4.78, 5) is 2.43. The molecule has 0 bridgehead atoms. The van der Waals surface area contributed by atoms with Gasteiger partial charge in [0.2, 0.25) is 0 Å². The summed E-state index contributed by atoms with van der Waals surface area (Å²) >= 11 is 0. The molecule has 3 aromatic rings. The average Bonchev–Trinajstić information content (AvgIpc) is 2.89. The van der Waals surface area contributed by atoms with E-state index in [9.17, 15) is 0 Å². The van der Waals surface area contributed by atoms with Crippen molar-refractivity contribution in [3.05, 3.63) is 84.6 Å². The van der Waals surface area contributed by atoms with Crippen LogP contribution in [0.5, 0.6) is 0 Å². The predicted molar refractivity (Wildman–Crippen MR) is 97.6 cm³/mol. The zero-order chi connectivity index (χ0) is 15.8. The average molecular weight is 300 g/mol. The Balaban J connectivity index is 2.07. The maximum absolute atomic E-state index is 2.43. The first-order valence-electron chi connectivity index (χ1n) is 8.05. The number of rotatable bonds is 1. The Kier molecular flexibility index (Phi) is 3.30. The van der Waals surface area contributed by atoms with Crippen molar-refractivity contribution >= 4 is 22.3 Å². The van der Waals surface area contributed by atoms with Gasteiger partial charge in [-0.1, -0.05) is 54.6 Å². The van der Waals surface area contributed by atoms with Gasteiger partial charge < -0.3 is 9.47 Å². The second-order valence-corrected chi connectivity index (χ2v) is 6.00. The summed E-state index contributed by atoms with van der Waals surface area (Å²) in [6, 6.07) is 25.7. The Labute approximate surface area is 136 Å². The molecule has 0 spiro atoms. The Bertz CT molecular complexity index is 922. The van der Waals surface area contributed by atoms with Gasteiger partial charge in [-0.3, -0.25) is 0 Å². The van der Waals surface area contributed by atoms with E-state index in [0.717, 1.165) is 0 Å². The quantitative estimate of drug-likeness (QED) is 0.556. The molecule has 0 saturated carbocycles. The third-order valence-corrected chi connectivity index (χ3v) is 4.57. The maximum Gasteiger partial charge on any atom is 0.108 e. The van der Waals surface area contributed by atoms with E-state index < -0.39 is 0 Å². The van der Waals surface area contributed by atoms with Crippen molar-refractivity contribution in [3.63, 3.8) is 0 Å². The van der Waals surface area contributed by atoms with Crippen molar-refractivity contribution in [2.45, 2.75) is 20.0 Å². The molecule has 2 nitrogen and oxygen atoms in total. The van der Waals surface area contributed by atoms with E-state index in [1.54, 1.807) is 0 Å². The number of benzene rings is 2. The Morgan fingerprint density at radius 3 is 2.30 bits per heavy atom. The molecular weight excluding hydrogens is 280 g/mol. The van der Waals surface area contributed by atoms with Crippen molar-refractivity contribution in [2.75, 3.05) is 4.90 Å². The van der Waals surface area contributed by atoms with Crippen LogP contribution in [0.2, 0.25) is 0 Å². The molecule has 4 rings (SSSR count). The molecule has 23 heavy (non-hydrogen) atoms. The summed E-state index contributed by atoms with van der Waals surface area (Å²) in [7, 11) is 0. The third-order valence-electron chi connectivity index (χ3n) is 4.57. The number of nitrogens with zero attached hydrogens (tertiary/aromatic N) is 2. The van der Waals surface area contributed by atoms with Gasteiger partial charge >= 0.3 is 0 Å². The molecule has 2 heteroatoms. The van der Waals surface area contributed by atoms with Crippen LogP contribution in [0.15, 0.2) is 79.0 Å². The Morgan fingerprint density at radius 1 is 0.739 bits per heavy atom. The van der Waals surface area contributed by atoms with E-state index in [-0.39, 0.29) is 6.17 Å². The fraction of sp³-hybridized carbons (Fsp3) is 0.143. The number of anilines is 2. The van der Waals surface area contributed by atoms with Gasteiger partial charge in [0, 0.05) is 17.3 Å². The van der Waals surface area contributed by atoms with Gasteiger partial charge in [-0.15, -0.1) is 0 Å². The van der Waals surface area contributed by atoms with Crippen LogP contribution in [0.25, 0.3) is 10.9 Å². The first kappa shape index (κ1) is 13.9. The predicted octanol–water partition coefficient (Wildman–Crippen LogP) is 5.74. The number of aryl methyl sites for hydroxylation is 1. The van der Waals surface area contributed by atoms with E-state index in [2.05, 4.69) is 102 Å². The van der Waals surface area contributed by atoms with Crippen LogP contribution in [0, 0.1) is 6.92 Å². The first-order chi connectivity index (χ1) is 11.3. The summed E-state index contributed by atoms with van der Waals surface area (Å²) in [6.07, 6.45) is 2.41. The summed E-state index contributed by atoms with van der Waals surface area (Å²) in [6.45, 7) is 4.43. The summed E-state index contributed by atoms with van der Waals surface area (Å²) in [5, 5.41) is 1.25. The van der Waals surface area contributed by atoms with Crippen molar-refractivity contribution in [2.24, 2.45) is 0 Å². The zero-order valence-corrected chi connectivity index (χ0v) is 13.5. The molecule has 0 fully saturated rings. The standard InChI is InChI=1S/C21H20N2/c1-16-10-6-7-13-19(16)23-17(2)22-15-8-4-3-5-11-18-12-9-14-20(23)21(18)22/h3-15,17H,1-2H3/t17-/m0/s1. The van der Waals surface area contributed by atoms with Crippen LogP contribution in [-0.4, -0.2) is 4.57 Å². The summed E-state index contributed by atoms with van der Waals surface area (Å²) < 4.78 is 2.36. The third kappa shape index (κ3) is 2.18. The summed E-state index contributed by atoms with van der Waals surface area (Å²) in [5.41, 5.74) is 5.11. The molecule has 1 aliphatic heterocycles. The Hall–Kier alpha value is -2.74. The van der Waals surface area contributed by atoms with Crippen LogP contribution in [0.4, 0.5) is 11.4 Å². The van der Waals surface area contributed by atoms with Crippen LogP contribution < -0.4 is 4.90 Å². The minimum absolute atomic E-state index is 0.239. The number of hydrogen-bond acceptors (Lipinski definition) is 1. The molecule has 1 aromatic heterocycles. The van der Waals surface area contributed by atoms with Gasteiger partial charge in [0.05, 0.1) is 11.2 Å². The SMILES string of the molecule is Cc1ccccc1N1c2cccc3ccccccn(c23)[C@@H]1C. The number of aromatic nitrogens is 1. The van der Waals surface area contributed by atoms with Gasteiger partial charge in [-0.25, -0.2) is 0 Å². The van der Waals surface area contributed by atoms with Gasteiger partial charge in [-0.2, -0.15) is 0 Å². The molecule has 0 N–H and O–H groups in total. The maximum atomic E-state index is 2.43. The highest BCUT2D eigenvalue weighted by molar-refractivity contribution is 5.95. The minimum atomic E-state index is 0.239. The van der Waals surface area contributed by atoms with Gasteiger partial charge in [-0.05, 0) is 37.6 Å². The molecule has 2 aromatic carbocycles. The van der Waals surface area contributed by atoms with E-state index >= 15 is 0 Å². The normalized spacial score (nSPS) is 15.7. The van der Waals surface area contributed by atoms with Gasteiger partial charge in [0.1, 0.15) is 6.17 Å². The monoisotopic (exact) mass is 300 g/mol. The van der Waals surface area contributed by atoms with E-state index in [4.69, 9.17) is 0 Å². The number of hydrogen-bond donors (Lipinski definition) is 0. The topological polar surface area (TPSA) is 8.17 Å². The van der Waals surface area contributed by atoms with Crippen LogP contribution in [-0.2, 0) is 0 Å². The van der Waals surface area contributed by atoms with E-state index in [0.29, 0.717) is 0 Å². The largest absolute Gasteiger partial charge is 0.325 e. The Morgan fingerprint density at radius 2 is 1.43 bits per heavy atom. The lowest BCUT2D eigenvalue weighted by molar-refractivity contribution is 0.598. The first-order valence-corrected chi connectivity index (χ1v) is 8.05. The molecule has 1 aliphatic rings. The van der Waals surface area contributed by atoms with Crippen LogP contribution >= 0.6 is 0 Å². The van der Waals surface area contributed by atoms with Crippen molar-refractivity contribution < 1.29 is 0 Å². The molecule has 0 aliphatic carbocycles.